The van der Waals surface area contributed by atoms with Crippen LogP contribution in [0.2, 0.25) is 0 Å². The molecule has 37 heavy (non-hydrogen) atoms. The summed E-state index contributed by atoms with van der Waals surface area (Å²) in [5.41, 5.74) is 5.72. The number of pyridine rings is 1. The normalized spacial score (nSPS) is 19.2. The first-order valence-electron chi connectivity index (χ1n) is 13.1. The van der Waals surface area contributed by atoms with Gasteiger partial charge in [0.15, 0.2) is 0 Å². The fourth-order valence-corrected chi connectivity index (χ4v) is 5.59. The Balaban J connectivity index is 1.50. The first-order valence-corrected chi connectivity index (χ1v) is 13.1. The van der Waals surface area contributed by atoms with E-state index in [9.17, 15) is 4.79 Å². The second-order valence-electron chi connectivity index (χ2n) is 9.87. The van der Waals surface area contributed by atoms with Crippen molar-refractivity contribution in [3.63, 3.8) is 0 Å². The summed E-state index contributed by atoms with van der Waals surface area (Å²) < 4.78 is 3.52. The predicted octanol–water partition coefficient (Wildman–Crippen LogP) is 4.14. The number of piperazine rings is 1. The lowest BCUT2D eigenvalue weighted by Gasteiger charge is -2.49. The summed E-state index contributed by atoms with van der Waals surface area (Å²) in [5, 5.41) is 4.86. The molecule has 0 N–H and O–H groups in total. The van der Waals surface area contributed by atoms with Gasteiger partial charge in [0, 0.05) is 56.7 Å². The second-order valence-corrected chi connectivity index (χ2v) is 9.87. The topological polar surface area (TPSA) is 72.1 Å². The highest BCUT2D eigenvalue weighted by Crippen LogP contribution is 2.34. The smallest absolute Gasteiger partial charge is 0.252 e. The maximum Gasteiger partial charge on any atom is 0.252 e. The number of benzene rings is 1. The third-order valence-corrected chi connectivity index (χ3v) is 7.82. The Morgan fingerprint density at radius 3 is 2.54 bits per heavy atom. The van der Waals surface area contributed by atoms with Gasteiger partial charge in [-0.2, -0.15) is 5.10 Å². The lowest BCUT2D eigenvalue weighted by atomic mass is 9.96. The minimum Gasteiger partial charge on any atom is -0.364 e. The monoisotopic (exact) mass is 497 g/mol. The van der Waals surface area contributed by atoms with Crippen LogP contribution in [0.25, 0.3) is 22.1 Å². The third-order valence-electron chi connectivity index (χ3n) is 7.82. The summed E-state index contributed by atoms with van der Waals surface area (Å²) in [6, 6.07) is 9.02. The van der Waals surface area contributed by atoms with Crippen LogP contribution in [0, 0.1) is 11.8 Å². The van der Waals surface area contributed by atoms with E-state index in [1.165, 1.54) is 5.56 Å². The Morgan fingerprint density at radius 1 is 1.05 bits per heavy atom. The van der Waals surface area contributed by atoms with Crippen LogP contribution in [0.4, 0.5) is 5.69 Å². The van der Waals surface area contributed by atoms with Gasteiger partial charge < -0.3 is 9.47 Å². The largest absolute Gasteiger partial charge is 0.364 e. The summed E-state index contributed by atoms with van der Waals surface area (Å²) >= 11 is 0. The average molecular weight is 498 g/mol. The molecule has 1 fully saturated rings. The summed E-state index contributed by atoms with van der Waals surface area (Å²) in [6.07, 6.45) is 7.40. The molecule has 1 aromatic carbocycles. The molecule has 3 aromatic heterocycles. The molecule has 0 spiro atoms. The number of hydrogen-bond donors (Lipinski definition) is 0. The zero-order chi connectivity index (χ0) is 26.1. The van der Waals surface area contributed by atoms with Crippen molar-refractivity contribution in [2.75, 3.05) is 18.0 Å². The minimum absolute atomic E-state index is 0.0143. The molecule has 1 saturated heterocycles. The van der Waals surface area contributed by atoms with Crippen LogP contribution in [0.3, 0.4) is 0 Å². The van der Waals surface area contributed by atoms with Crippen LogP contribution in [0.15, 0.2) is 47.7 Å². The zero-order valence-electron chi connectivity index (χ0n) is 22.3. The van der Waals surface area contributed by atoms with E-state index >= 15 is 0 Å². The molecule has 192 valence electrons. The van der Waals surface area contributed by atoms with Gasteiger partial charge in [0.05, 0.1) is 28.4 Å². The van der Waals surface area contributed by atoms with Gasteiger partial charge >= 0.3 is 0 Å². The maximum absolute atomic E-state index is 13.0. The highest BCUT2D eigenvalue weighted by atomic mass is 16.1. The molecule has 0 aliphatic carbocycles. The summed E-state index contributed by atoms with van der Waals surface area (Å²) in [4.78, 5) is 27.0. The van der Waals surface area contributed by atoms with Crippen LogP contribution in [-0.4, -0.2) is 54.4 Å². The molecule has 4 heterocycles. The average Bonchev–Trinajstić information content (AvgIpc) is 3.37. The van der Waals surface area contributed by atoms with Gasteiger partial charge in [0.2, 0.25) is 0 Å². The molecule has 0 saturated carbocycles. The minimum atomic E-state index is -0.0143. The van der Waals surface area contributed by atoms with Crippen molar-refractivity contribution in [1.29, 1.82) is 0 Å². The van der Waals surface area contributed by atoms with E-state index in [1.807, 2.05) is 24.9 Å². The van der Waals surface area contributed by atoms with Crippen molar-refractivity contribution in [3.05, 3.63) is 58.8 Å². The standard InChI is InChI=1S/C29H35N7O/c1-6-9-14-34-19-27-29(32-34)26(16-28(37)33(27)5)36-18-22(7-2)35(17-23(36)8-3)20(4)21-10-11-24-25(15-21)31-13-12-30-24/h10-13,15-16,19-20,22-23H,7-8,14,17-18H2,1-5H3/t20?,22-,23+/m1/s1. The Labute approximate surface area is 217 Å². The third kappa shape index (κ3) is 4.60. The molecular formula is C29H35N7O. The molecule has 0 amide bonds. The van der Waals surface area contributed by atoms with Crippen molar-refractivity contribution in [2.24, 2.45) is 7.05 Å². The molecule has 8 nitrogen and oxygen atoms in total. The van der Waals surface area contributed by atoms with Crippen molar-refractivity contribution < 1.29 is 0 Å². The molecular weight excluding hydrogens is 462 g/mol. The van der Waals surface area contributed by atoms with E-state index in [-0.39, 0.29) is 17.6 Å². The summed E-state index contributed by atoms with van der Waals surface area (Å²) in [7, 11) is 1.81. The molecule has 5 rings (SSSR count). The highest BCUT2D eigenvalue weighted by molar-refractivity contribution is 5.88. The Hall–Kier alpha value is -3.70. The SMILES string of the molecule is CC#CCn1cc2c(n1)c(N1C[C@@H](CC)N(C(C)c3ccc4nccnc4c3)C[C@@H]1CC)cc(=O)n2C. The van der Waals surface area contributed by atoms with Gasteiger partial charge in [-0.25, -0.2) is 0 Å². The molecule has 1 aliphatic heterocycles. The first-order chi connectivity index (χ1) is 17.9. The van der Waals surface area contributed by atoms with Crippen molar-refractivity contribution >= 4 is 27.8 Å². The van der Waals surface area contributed by atoms with E-state index in [0.717, 1.165) is 53.7 Å². The van der Waals surface area contributed by atoms with Gasteiger partial charge in [0.25, 0.3) is 5.56 Å². The van der Waals surface area contributed by atoms with Crippen LogP contribution >= 0.6 is 0 Å². The Kier molecular flexibility index (Phi) is 6.98. The quantitative estimate of drug-likeness (QED) is 0.373. The van der Waals surface area contributed by atoms with E-state index in [0.29, 0.717) is 12.6 Å². The lowest BCUT2D eigenvalue weighted by Crippen LogP contribution is -2.58. The van der Waals surface area contributed by atoms with Crippen molar-refractivity contribution in [2.45, 2.75) is 65.2 Å². The molecule has 3 atom stereocenters. The number of nitrogens with zero attached hydrogens (tertiary/aromatic N) is 7. The van der Waals surface area contributed by atoms with Crippen LogP contribution in [-0.2, 0) is 13.6 Å². The second kappa shape index (κ2) is 10.3. The molecule has 1 aliphatic rings. The Bertz CT molecular complexity index is 1540. The van der Waals surface area contributed by atoms with E-state index in [1.54, 1.807) is 23.0 Å². The number of anilines is 1. The number of hydrogen-bond acceptors (Lipinski definition) is 6. The number of aryl methyl sites for hydroxylation is 1. The van der Waals surface area contributed by atoms with E-state index < -0.39 is 0 Å². The predicted molar refractivity (Wildman–Crippen MR) is 149 cm³/mol. The van der Waals surface area contributed by atoms with Crippen LogP contribution in [0.1, 0.15) is 52.1 Å². The number of aromatic nitrogens is 5. The van der Waals surface area contributed by atoms with Gasteiger partial charge in [-0.05, 0) is 44.4 Å². The van der Waals surface area contributed by atoms with E-state index in [2.05, 4.69) is 70.6 Å². The van der Waals surface area contributed by atoms with Crippen molar-refractivity contribution in [1.82, 2.24) is 29.2 Å². The first kappa shape index (κ1) is 25.0. The fourth-order valence-electron chi connectivity index (χ4n) is 5.59. The summed E-state index contributed by atoms with van der Waals surface area (Å²) in [5.74, 6) is 6.00. The molecule has 1 unspecified atom stereocenters. The van der Waals surface area contributed by atoms with E-state index in [4.69, 9.17) is 5.10 Å². The maximum atomic E-state index is 13.0. The lowest BCUT2D eigenvalue weighted by molar-refractivity contribution is 0.101. The van der Waals surface area contributed by atoms with Gasteiger partial charge in [-0.3, -0.25) is 24.3 Å². The van der Waals surface area contributed by atoms with Gasteiger partial charge in [-0.1, -0.05) is 25.8 Å². The molecule has 8 heteroatoms. The van der Waals surface area contributed by atoms with Crippen LogP contribution < -0.4 is 10.5 Å². The molecule has 0 radical (unpaired) electrons. The molecule has 0 bridgehead atoms. The van der Waals surface area contributed by atoms with Gasteiger partial charge in [0.1, 0.15) is 12.1 Å². The van der Waals surface area contributed by atoms with Crippen LogP contribution in [0.5, 0.6) is 0 Å². The Morgan fingerprint density at radius 2 is 1.81 bits per heavy atom. The fraction of sp³-hybridized carbons (Fsp3) is 0.448. The van der Waals surface area contributed by atoms with Crippen molar-refractivity contribution in [3.8, 4) is 11.8 Å². The zero-order valence-corrected chi connectivity index (χ0v) is 22.3. The number of rotatable bonds is 6. The summed E-state index contributed by atoms with van der Waals surface area (Å²) in [6.45, 7) is 10.9. The number of fused-ring (bicyclic) bond motifs is 2. The van der Waals surface area contributed by atoms with Gasteiger partial charge in [-0.15, -0.1) is 5.92 Å². The molecule has 4 aromatic rings. The highest BCUT2D eigenvalue weighted by Gasteiger charge is 2.36.